The van der Waals surface area contributed by atoms with Crippen molar-refractivity contribution in [2.45, 2.75) is 19.3 Å². The monoisotopic (exact) mass is 477 g/mol. The topological polar surface area (TPSA) is 77.2 Å². The smallest absolute Gasteiger partial charge is 0.131 e. The maximum atomic E-state index is 6.14. The molecule has 0 bridgehead atoms. The van der Waals surface area contributed by atoms with Gasteiger partial charge >= 0.3 is 0 Å². The van der Waals surface area contributed by atoms with Crippen molar-refractivity contribution in [1.29, 1.82) is 0 Å². The largest absolute Gasteiger partial charge is 0.383 e. The Labute approximate surface area is 191 Å². The van der Waals surface area contributed by atoms with Crippen LogP contribution in [-0.4, -0.2) is 41.3 Å². The van der Waals surface area contributed by atoms with Gasteiger partial charge in [-0.3, -0.25) is 0 Å². The van der Waals surface area contributed by atoms with Gasteiger partial charge < -0.3 is 15.4 Å². The van der Waals surface area contributed by atoms with Gasteiger partial charge in [0.2, 0.25) is 0 Å². The van der Waals surface area contributed by atoms with E-state index in [1.165, 1.54) is 11.9 Å². The molecule has 0 radical (unpaired) electrons. The molecule has 0 unspecified atom stereocenters. The Hall–Kier alpha value is -2.95. The lowest BCUT2D eigenvalue weighted by atomic mass is 10.0. The predicted octanol–water partition coefficient (Wildman–Crippen LogP) is 3.63. The molecule has 0 atom stereocenters. The molecule has 4 rings (SSSR count). The average molecular weight is 478 g/mol. The van der Waals surface area contributed by atoms with Crippen molar-refractivity contribution < 1.29 is 4.74 Å². The maximum Gasteiger partial charge on any atom is 0.131 e. The number of hydrogen-bond acceptors (Lipinski definition) is 6. The molecule has 0 saturated carbocycles. The lowest BCUT2D eigenvalue weighted by molar-refractivity contribution is 0.122. The standard InChI is InChI=1S/C24H24BrN5O/c25-20-5-1-3-18(15-20)4-2-6-21-22(28-17-29-24(21)26)9-7-19-8-10-23(27-16-19)30-11-13-31-14-12-30/h1,3,5,8,10,15-17H,2,4,6,11-14H2,(H2,26,28,29). The first-order valence-electron chi connectivity index (χ1n) is 10.3. The highest BCUT2D eigenvalue weighted by Crippen LogP contribution is 2.18. The zero-order chi connectivity index (χ0) is 21.5. The fourth-order valence-corrected chi connectivity index (χ4v) is 3.96. The summed E-state index contributed by atoms with van der Waals surface area (Å²) in [5, 5.41) is 0. The van der Waals surface area contributed by atoms with Crippen LogP contribution in [0.5, 0.6) is 0 Å². The number of nitrogens with two attached hydrogens (primary N) is 1. The molecule has 0 spiro atoms. The molecule has 3 heterocycles. The van der Waals surface area contributed by atoms with E-state index in [1.807, 2.05) is 18.2 Å². The minimum Gasteiger partial charge on any atom is -0.383 e. The third-order valence-electron chi connectivity index (χ3n) is 5.17. The normalized spacial score (nSPS) is 13.5. The number of aromatic nitrogens is 3. The Morgan fingerprint density at radius 3 is 2.68 bits per heavy atom. The first-order chi connectivity index (χ1) is 15.2. The number of benzene rings is 1. The maximum absolute atomic E-state index is 6.14. The van der Waals surface area contributed by atoms with E-state index in [1.54, 1.807) is 6.20 Å². The van der Waals surface area contributed by atoms with E-state index in [4.69, 9.17) is 10.5 Å². The highest BCUT2D eigenvalue weighted by molar-refractivity contribution is 9.10. The number of morpholine rings is 1. The van der Waals surface area contributed by atoms with Crippen molar-refractivity contribution in [3.63, 3.8) is 0 Å². The van der Waals surface area contributed by atoms with E-state index in [9.17, 15) is 0 Å². The third kappa shape index (κ3) is 5.81. The summed E-state index contributed by atoms with van der Waals surface area (Å²) in [5.41, 5.74) is 9.85. The van der Waals surface area contributed by atoms with Crippen LogP contribution < -0.4 is 10.6 Å². The summed E-state index contributed by atoms with van der Waals surface area (Å²) < 4.78 is 6.49. The van der Waals surface area contributed by atoms with Gasteiger partial charge in [-0.15, -0.1) is 0 Å². The second kappa shape index (κ2) is 10.4. The molecule has 158 valence electrons. The number of rotatable bonds is 5. The molecule has 0 aliphatic carbocycles. The van der Waals surface area contributed by atoms with Gasteiger partial charge in [0.1, 0.15) is 23.7 Å². The van der Waals surface area contributed by atoms with Gasteiger partial charge in [-0.1, -0.05) is 34.0 Å². The zero-order valence-corrected chi connectivity index (χ0v) is 18.8. The molecule has 2 aromatic heterocycles. The summed E-state index contributed by atoms with van der Waals surface area (Å²) in [6.07, 6.45) is 5.94. The lowest BCUT2D eigenvalue weighted by Gasteiger charge is -2.27. The fraction of sp³-hybridized carbons (Fsp3) is 0.292. The summed E-state index contributed by atoms with van der Waals surface area (Å²) in [7, 11) is 0. The van der Waals surface area contributed by atoms with Crippen molar-refractivity contribution in [3.05, 3.63) is 75.8 Å². The summed E-state index contributed by atoms with van der Waals surface area (Å²) in [6.45, 7) is 3.20. The first kappa shape index (κ1) is 21.3. The number of anilines is 2. The molecule has 3 aromatic rings. The fourth-order valence-electron chi connectivity index (χ4n) is 3.51. The van der Waals surface area contributed by atoms with Gasteiger partial charge in [0, 0.05) is 34.9 Å². The highest BCUT2D eigenvalue weighted by atomic mass is 79.9. The molecule has 0 amide bonds. The lowest BCUT2D eigenvalue weighted by Crippen LogP contribution is -2.36. The van der Waals surface area contributed by atoms with Crippen LogP contribution in [0.15, 0.2) is 53.4 Å². The van der Waals surface area contributed by atoms with Gasteiger partial charge in [0.25, 0.3) is 0 Å². The van der Waals surface area contributed by atoms with Crippen LogP contribution in [0.3, 0.4) is 0 Å². The van der Waals surface area contributed by atoms with E-state index >= 15 is 0 Å². The molecule has 31 heavy (non-hydrogen) atoms. The number of nitrogen functional groups attached to an aromatic ring is 1. The molecule has 1 fully saturated rings. The summed E-state index contributed by atoms with van der Waals surface area (Å²) in [4.78, 5) is 15.3. The van der Waals surface area contributed by atoms with Crippen LogP contribution in [0.1, 0.15) is 28.8 Å². The van der Waals surface area contributed by atoms with Gasteiger partial charge in [-0.05, 0) is 55.0 Å². The first-order valence-corrected chi connectivity index (χ1v) is 11.1. The second-order valence-electron chi connectivity index (χ2n) is 7.32. The molecule has 1 saturated heterocycles. The number of aryl methyl sites for hydroxylation is 1. The summed E-state index contributed by atoms with van der Waals surface area (Å²) in [5.74, 6) is 7.78. The van der Waals surface area contributed by atoms with Crippen molar-refractivity contribution in [1.82, 2.24) is 15.0 Å². The van der Waals surface area contributed by atoms with Crippen LogP contribution in [0.4, 0.5) is 11.6 Å². The van der Waals surface area contributed by atoms with Crippen molar-refractivity contribution in [2.24, 2.45) is 0 Å². The number of hydrogen-bond donors (Lipinski definition) is 1. The van der Waals surface area contributed by atoms with Crippen LogP contribution >= 0.6 is 15.9 Å². The average Bonchev–Trinajstić information content (AvgIpc) is 2.80. The minimum atomic E-state index is 0.495. The Bertz CT molecular complexity index is 1090. The van der Waals surface area contributed by atoms with Crippen LogP contribution in [0.25, 0.3) is 0 Å². The van der Waals surface area contributed by atoms with Crippen molar-refractivity contribution in [3.8, 4) is 11.8 Å². The quantitative estimate of drug-likeness (QED) is 0.565. The Balaban J connectivity index is 1.44. The third-order valence-corrected chi connectivity index (χ3v) is 5.66. The van der Waals surface area contributed by atoms with Gasteiger partial charge in [-0.2, -0.15) is 0 Å². The summed E-state index contributed by atoms with van der Waals surface area (Å²) in [6, 6.07) is 12.3. The van der Waals surface area contributed by atoms with Gasteiger partial charge in [0.15, 0.2) is 0 Å². The van der Waals surface area contributed by atoms with Crippen molar-refractivity contribution in [2.75, 3.05) is 36.9 Å². The molecule has 1 aromatic carbocycles. The van der Waals surface area contributed by atoms with Gasteiger partial charge in [0.05, 0.1) is 13.2 Å². The van der Waals surface area contributed by atoms with Crippen LogP contribution in [0.2, 0.25) is 0 Å². The molecule has 2 N–H and O–H groups in total. The van der Waals surface area contributed by atoms with Crippen molar-refractivity contribution >= 4 is 27.6 Å². The number of nitrogens with zero attached hydrogens (tertiary/aromatic N) is 4. The Morgan fingerprint density at radius 1 is 1.03 bits per heavy atom. The number of ether oxygens (including phenoxy) is 1. The molecular formula is C24H24BrN5O. The van der Waals surface area contributed by atoms with E-state index in [0.29, 0.717) is 11.5 Å². The molecule has 1 aliphatic rings. The second-order valence-corrected chi connectivity index (χ2v) is 8.24. The van der Waals surface area contributed by atoms with Gasteiger partial charge in [-0.25, -0.2) is 15.0 Å². The minimum absolute atomic E-state index is 0.495. The Morgan fingerprint density at radius 2 is 1.90 bits per heavy atom. The molecule has 1 aliphatic heterocycles. The Kier molecular flexibility index (Phi) is 7.13. The van der Waals surface area contributed by atoms with E-state index in [0.717, 1.165) is 67.0 Å². The number of pyridine rings is 1. The summed E-state index contributed by atoms with van der Waals surface area (Å²) >= 11 is 3.52. The van der Waals surface area contributed by atoms with E-state index in [2.05, 4.69) is 65.8 Å². The molecular weight excluding hydrogens is 454 g/mol. The van der Waals surface area contributed by atoms with Crippen LogP contribution in [-0.2, 0) is 17.6 Å². The zero-order valence-electron chi connectivity index (χ0n) is 17.2. The molecule has 6 nitrogen and oxygen atoms in total. The van der Waals surface area contributed by atoms with Crippen LogP contribution in [0, 0.1) is 11.8 Å². The number of halogens is 1. The highest BCUT2D eigenvalue weighted by Gasteiger charge is 2.12. The predicted molar refractivity (Wildman–Crippen MR) is 126 cm³/mol. The SMILES string of the molecule is Nc1ncnc(C#Cc2ccc(N3CCOCC3)nc2)c1CCCc1cccc(Br)c1. The molecule has 7 heteroatoms. The van der Waals surface area contributed by atoms with E-state index in [-0.39, 0.29) is 0 Å². The van der Waals surface area contributed by atoms with E-state index < -0.39 is 0 Å².